The van der Waals surface area contributed by atoms with E-state index in [2.05, 4.69) is 4.90 Å². The van der Waals surface area contributed by atoms with Crippen LogP contribution < -0.4 is 9.47 Å². The minimum atomic E-state index is -3.17. The lowest BCUT2D eigenvalue weighted by Gasteiger charge is -2.21. The quantitative estimate of drug-likeness (QED) is 0.675. The molecular weight excluding hydrogens is 328 g/mol. The lowest BCUT2D eigenvalue weighted by Crippen LogP contribution is -2.37. The summed E-state index contributed by atoms with van der Waals surface area (Å²) in [7, 11) is -1.54. The summed E-state index contributed by atoms with van der Waals surface area (Å²) in [6, 6.07) is 7.59. The molecule has 136 valence electrons. The summed E-state index contributed by atoms with van der Waals surface area (Å²) in [6.45, 7) is 6.93. The van der Waals surface area contributed by atoms with Crippen molar-refractivity contribution < 1.29 is 17.9 Å². The van der Waals surface area contributed by atoms with Crippen LogP contribution in [0.4, 0.5) is 0 Å². The van der Waals surface area contributed by atoms with Gasteiger partial charge in [-0.3, -0.25) is 4.90 Å². The minimum absolute atomic E-state index is 0.0671. The molecule has 1 aromatic carbocycles. The van der Waals surface area contributed by atoms with Gasteiger partial charge in [0.15, 0.2) is 11.5 Å². The third-order valence-electron chi connectivity index (χ3n) is 4.36. The van der Waals surface area contributed by atoms with Gasteiger partial charge < -0.3 is 9.47 Å². The Kier molecular flexibility index (Phi) is 6.89. The van der Waals surface area contributed by atoms with Gasteiger partial charge in [0.25, 0.3) is 0 Å². The Balaban J connectivity index is 1.85. The third-order valence-corrected chi connectivity index (χ3v) is 6.36. The molecule has 7 heteroatoms. The molecule has 1 aliphatic rings. The number of methoxy groups -OCH3 is 1. The van der Waals surface area contributed by atoms with Gasteiger partial charge in [-0.15, -0.1) is 0 Å². The summed E-state index contributed by atoms with van der Waals surface area (Å²) in [6.07, 6.45) is 0.959. The topological polar surface area (TPSA) is 59.1 Å². The Morgan fingerprint density at radius 1 is 1.21 bits per heavy atom. The van der Waals surface area contributed by atoms with Crippen LogP contribution >= 0.6 is 0 Å². The first kappa shape index (κ1) is 19.0. The highest BCUT2D eigenvalue weighted by Gasteiger charge is 2.27. The predicted octanol–water partition coefficient (Wildman–Crippen LogP) is 1.82. The minimum Gasteiger partial charge on any atom is -0.493 e. The summed E-state index contributed by atoms with van der Waals surface area (Å²) >= 11 is 0. The van der Waals surface area contributed by atoms with Gasteiger partial charge >= 0.3 is 0 Å². The van der Waals surface area contributed by atoms with Crippen LogP contribution in [0.3, 0.4) is 0 Å². The molecule has 0 aliphatic carbocycles. The van der Waals surface area contributed by atoms with Crippen LogP contribution in [-0.2, 0) is 10.0 Å². The zero-order chi connectivity index (χ0) is 17.6. The largest absolute Gasteiger partial charge is 0.493 e. The molecule has 2 rings (SSSR count). The van der Waals surface area contributed by atoms with Crippen molar-refractivity contribution in [2.24, 2.45) is 0 Å². The first-order chi connectivity index (χ1) is 11.5. The molecule has 1 atom stereocenters. The fraction of sp³-hybridized carbons (Fsp3) is 0.647. The van der Waals surface area contributed by atoms with Crippen LogP contribution in [0.15, 0.2) is 24.3 Å². The first-order valence-corrected chi connectivity index (χ1v) is 10.1. The molecule has 0 saturated carbocycles. The van der Waals surface area contributed by atoms with E-state index in [0.29, 0.717) is 19.6 Å². The van der Waals surface area contributed by atoms with Crippen LogP contribution in [0.25, 0.3) is 0 Å². The molecule has 1 unspecified atom stereocenters. The van der Waals surface area contributed by atoms with E-state index >= 15 is 0 Å². The van der Waals surface area contributed by atoms with Crippen LogP contribution in [0, 0.1) is 0 Å². The van der Waals surface area contributed by atoms with Gasteiger partial charge in [-0.1, -0.05) is 26.0 Å². The molecule has 1 saturated heterocycles. The van der Waals surface area contributed by atoms with Gasteiger partial charge in [0.2, 0.25) is 10.0 Å². The van der Waals surface area contributed by atoms with Gasteiger partial charge in [0, 0.05) is 32.7 Å². The Bertz CT molecular complexity index is 617. The molecule has 6 nitrogen and oxygen atoms in total. The molecule has 1 fully saturated rings. The van der Waals surface area contributed by atoms with E-state index < -0.39 is 10.0 Å². The first-order valence-electron chi connectivity index (χ1n) is 8.50. The highest BCUT2D eigenvalue weighted by Crippen LogP contribution is 2.28. The maximum Gasteiger partial charge on any atom is 0.215 e. The summed E-state index contributed by atoms with van der Waals surface area (Å²) in [5.41, 5.74) is 0. The number of hydrogen-bond acceptors (Lipinski definition) is 5. The number of nitrogens with zero attached hydrogens (tertiary/aromatic N) is 2. The van der Waals surface area contributed by atoms with Crippen molar-refractivity contribution >= 4 is 10.0 Å². The van der Waals surface area contributed by atoms with Gasteiger partial charge in [0.05, 0.1) is 12.9 Å². The number of ether oxygens (including phenoxy) is 2. The van der Waals surface area contributed by atoms with E-state index in [9.17, 15) is 8.42 Å². The summed E-state index contributed by atoms with van der Waals surface area (Å²) < 4.78 is 37.4. The van der Waals surface area contributed by atoms with E-state index in [1.165, 1.54) is 4.31 Å². The lowest BCUT2D eigenvalue weighted by atomic mass is 10.3. The van der Waals surface area contributed by atoms with Crippen molar-refractivity contribution in [1.29, 1.82) is 0 Å². The Hall–Kier alpha value is -1.31. The fourth-order valence-corrected chi connectivity index (χ4v) is 4.52. The summed E-state index contributed by atoms with van der Waals surface area (Å²) in [4.78, 5) is 2.15. The van der Waals surface area contributed by atoms with Crippen LogP contribution in [0.1, 0.15) is 20.3 Å². The second-order valence-corrected chi connectivity index (χ2v) is 7.97. The van der Waals surface area contributed by atoms with E-state index in [4.69, 9.17) is 9.47 Å². The average molecular weight is 356 g/mol. The predicted molar refractivity (Wildman–Crippen MR) is 95.2 cm³/mol. The number of rotatable bonds is 9. The molecule has 0 N–H and O–H groups in total. The Labute approximate surface area is 145 Å². The maximum absolute atomic E-state index is 12.3. The zero-order valence-corrected chi connectivity index (χ0v) is 15.6. The van der Waals surface area contributed by atoms with E-state index in [0.717, 1.165) is 31.0 Å². The fourth-order valence-electron chi connectivity index (χ4n) is 2.98. The molecule has 1 aromatic rings. The van der Waals surface area contributed by atoms with E-state index in [1.54, 1.807) is 7.11 Å². The monoisotopic (exact) mass is 356 g/mol. The molecule has 0 spiro atoms. The van der Waals surface area contributed by atoms with Crippen molar-refractivity contribution in [3.63, 3.8) is 0 Å². The number of para-hydroxylation sites is 2. The Morgan fingerprint density at radius 2 is 1.88 bits per heavy atom. The summed E-state index contributed by atoms with van der Waals surface area (Å²) in [5.74, 6) is 1.62. The number of likely N-dealkylation sites (tertiary alicyclic amines) is 1. The SMILES string of the molecule is CCN(CC)S(=O)(=O)CCN1CCC(Oc2ccccc2OC)C1. The number of benzene rings is 1. The number of hydrogen-bond donors (Lipinski definition) is 0. The highest BCUT2D eigenvalue weighted by atomic mass is 32.2. The second kappa shape index (κ2) is 8.69. The lowest BCUT2D eigenvalue weighted by molar-refractivity contribution is 0.194. The van der Waals surface area contributed by atoms with Crippen molar-refractivity contribution in [2.45, 2.75) is 26.4 Å². The Morgan fingerprint density at radius 3 is 2.50 bits per heavy atom. The molecule has 0 aromatic heterocycles. The van der Waals surface area contributed by atoms with E-state index in [-0.39, 0.29) is 11.9 Å². The van der Waals surface area contributed by atoms with Crippen LogP contribution in [0.5, 0.6) is 11.5 Å². The normalized spacial score (nSPS) is 18.9. The second-order valence-electron chi connectivity index (χ2n) is 5.88. The molecule has 1 aliphatic heterocycles. The standard InChI is InChI=1S/C17H28N2O4S/c1-4-19(5-2)24(20,21)13-12-18-11-10-15(14-18)23-17-9-7-6-8-16(17)22-3/h6-9,15H,4-5,10-14H2,1-3H3. The van der Waals surface area contributed by atoms with Crippen molar-refractivity contribution in [1.82, 2.24) is 9.21 Å². The molecule has 1 heterocycles. The maximum atomic E-state index is 12.3. The molecule has 24 heavy (non-hydrogen) atoms. The van der Waals surface area contributed by atoms with Crippen LogP contribution in [0.2, 0.25) is 0 Å². The van der Waals surface area contributed by atoms with E-state index in [1.807, 2.05) is 38.1 Å². The number of sulfonamides is 1. The molecule has 0 amide bonds. The smallest absolute Gasteiger partial charge is 0.215 e. The highest BCUT2D eigenvalue weighted by molar-refractivity contribution is 7.89. The van der Waals surface area contributed by atoms with Gasteiger partial charge in [0.1, 0.15) is 6.10 Å². The third kappa shape index (κ3) is 4.84. The van der Waals surface area contributed by atoms with Gasteiger partial charge in [-0.25, -0.2) is 12.7 Å². The molecular formula is C17H28N2O4S. The van der Waals surface area contributed by atoms with Gasteiger partial charge in [-0.05, 0) is 18.6 Å². The molecule has 0 radical (unpaired) electrons. The van der Waals surface area contributed by atoms with Gasteiger partial charge in [-0.2, -0.15) is 0 Å². The average Bonchev–Trinajstić information content (AvgIpc) is 3.02. The van der Waals surface area contributed by atoms with Crippen molar-refractivity contribution in [3.8, 4) is 11.5 Å². The van der Waals surface area contributed by atoms with Crippen molar-refractivity contribution in [3.05, 3.63) is 24.3 Å². The zero-order valence-electron chi connectivity index (χ0n) is 14.8. The molecule has 0 bridgehead atoms. The summed E-state index contributed by atoms with van der Waals surface area (Å²) in [5, 5.41) is 0. The van der Waals surface area contributed by atoms with Crippen LogP contribution in [-0.4, -0.2) is 69.3 Å². The van der Waals surface area contributed by atoms with Crippen molar-refractivity contribution in [2.75, 3.05) is 45.6 Å².